The van der Waals surface area contributed by atoms with Crippen molar-refractivity contribution >= 4 is 17.5 Å². The van der Waals surface area contributed by atoms with Gasteiger partial charge in [-0.1, -0.05) is 13.8 Å². The SMILES string of the molecule is CC(=O)O[C@@H]1CC[C@@]2(C)[C@@H](CC[C@@H]3[C@@H]2CC(=O)[C@]2(C)[C@@H](C(C)=O)CC[C@@H]32)C1. The first-order valence-corrected chi connectivity index (χ1v) is 10.9. The van der Waals surface area contributed by atoms with E-state index in [9.17, 15) is 14.4 Å². The van der Waals surface area contributed by atoms with Crippen LogP contribution in [0.5, 0.6) is 0 Å². The molecule has 0 spiro atoms. The molecule has 0 aromatic heterocycles. The number of hydrogen-bond donors (Lipinski definition) is 0. The molecule has 0 radical (unpaired) electrons. The van der Waals surface area contributed by atoms with Gasteiger partial charge in [0, 0.05) is 24.7 Å². The highest BCUT2D eigenvalue weighted by atomic mass is 16.5. The molecule has 0 bridgehead atoms. The molecule has 4 saturated carbocycles. The molecule has 0 saturated heterocycles. The molecule has 0 aromatic rings. The Morgan fingerprint density at radius 3 is 2.41 bits per heavy atom. The highest BCUT2D eigenvalue weighted by molar-refractivity contribution is 5.93. The Kier molecular flexibility index (Phi) is 4.55. The van der Waals surface area contributed by atoms with Crippen molar-refractivity contribution in [1.29, 1.82) is 0 Å². The maximum Gasteiger partial charge on any atom is 0.302 e. The second-order valence-electron chi connectivity index (χ2n) is 10.3. The monoisotopic (exact) mass is 374 g/mol. The molecule has 0 aliphatic heterocycles. The third kappa shape index (κ3) is 2.73. The minimum absolute atomic E-state index is 0.0512. The fourth-order valence-corrected chi connectivity index (χ4v) is 7.92. The molecule has 4 heteroatoms. The van der Waals surface area contributed by atoms with Crippen molar-refractivity contribution in [2.45, 2.75) is 85.2 Å². The average molecular weight is 375 g/mol. The Balaban J connectivity index is 1.59. The van der Waals surface area contributed by atoms with Gasteiger partial charge in [0.05, 0.1) is 0 Å². The minimum atomic E-state index is -0.425. The van der Waals surface area contributed by atoms with E-state index in [0.717, 1.165) is 38.5 Å². The second-order valence-corrected chi connectivity index (χ2v) is 10.3. The zero-order valence-electron chi connectivity index (χ0n) is 17.3. The van der Waals surface area contributed by atoms with Gasteiger partial charge in [0.1, 0.15) is 17.7 Å². The third-order valence-electron chi connectivity index (χ3n) is 9.30. The van der Waals surface area contributed by atoms with Crippen LogP contribution in [0.15, 0.2) is 0 Å². The van der Waals surface area contributed by atoms with Crippen LogP contribution in [0, 0.1) is 40.4 Å². The number of fused-ring (bicyclic) bond motifs is 5. The molecule has 4 aliphatic rings. The topological polar surface area (TPSA) is 60.4 Å². The Morgan fingerprint density at radius 2 is 1.74 bits per heavy atom. The molecule has 0 amide bonds. The molecular weight excluding hydrogens is 340 g/mol. The fourth-order valence-electron chi connectivity index (χ4n) is 7.92. The molecule has 0 N–H and O–H groups in total. The zero-order valence-corrected chi connectivity index (χ0v) is 17.3. The highest BCUT2D eigenvalue weighted by Gasteiger charge is 2.64. The lowest BCUT2D eigenvalue weighted by Crippen LogP contribution is -2.57. The number of carbonyl (C=O) groups excluding carboxylic acids is 3. The molecule has 4 rings (SSSR count). The summed E-state index contributed by atoms with van der Waals surface area (Å²) in [6.07, 6.45) is 7.86. The first-order valence-electron chi connectivity index (χ1n) is 10.9. The standard InChI is InChI=1S/C23H34O4/c1-13(24)18-7-8-19-17-6-5-15-11-16(27-14(2)25)9-10-22(15,3)20(17)12-21(26)23(18,19)4/h15-20H,5-12H2,1-4H3/t15-,16+,17-,18+,19-,20-,22-,23+/m0/s1. The quantitative estimate of drug-likeness (QED) is 0.675. The van der Waals surface area contributed by atoms with E-state index in [1.165, 1.54) is 13.3 Å². The predicted octanol–water partition coefficient (Wildman–Crippen LogP) is 4.35. The molecule has 8 atom stereocenters. The fraction of sp³-hybridized carbons (Fsp3) is 0.870. The Bertz CT molecular complexity index is 669. The van der Waals surface area contributed by atoms with Crippen LogP contribution in [-0.4, -0.2) is 23.6 Å². The van der Waals surface area contributed by atoms with Crippen LogP contribution in [0.1, 0.15) is 79.1 Å². The van der Waals surface area contributed by atoms with Crippen molar-refractivity contribution in [2.75, 3.05) is 0 Å². The van der Waals surface area contributed by atoms with Gasteiger partial charge in [0.2, 0.25) is 0 Å². The summed E-state index contributed by atoms with van der Waals surface area (Å²) in [6, 6.07) is 0. The number of Topliss-reactive ketones (excluding diaryl/α,β-unsaturated/α-hetero) is 2. The molecule has 4 nitrogen and oxygen atoms in total. The van der Waals surface area contributed by atoms with Gasteiger partial charge in [-0.15, -0.1) is 0 Å². The summed E-state index contributed by atoms with van der Waals surface area (Å²) < 4.78 is 5.52. The summed E-state index contributed by atoms with van der Waals surface area (Å²) in [4.78, 5) is 37.0. The lowest BCUT2D eigenvalue weighted by Gasteiger charge is -2.60. The maximum absolute atomic E-state index is 13.4. The summed E-state index contributed by atoms with van der Waals surface area (Å²) in [5, 5.41) is 0. The van der Waals surface area contributed by atoms with Crippen molar-refractivity contribution in [3.63, 3.8) is 0 Å². The number of esters is 1. The number of rotatable bonds is 2. The van der Waals surface area contributed by atoms with Crippen LogP contribution < -0.4 is 0 Å². The van der Waals surface area contributed by atoms with Gasteiger partial charge in [0.25, 0.3) is 0 Å². The van der Waals surface area contributed by atoms with Gasteiger partial charge in [-0.2, -0.15) is 0 Å². The van der Waals surface area contributed by atoms with Gasteiger partial charge in [-0.25, -0.2) is 0 Å². The highest BCUT2D eigenvalue weighted by Crippen LogP contribution is 2.66. The van der Waals surface area contributed by atoms with Gasteiger partial charge >= 0.3 is 5.97 Å². The van der Waals surface area contributed by atoms with Crippen LogP contribution >= 0.6 is 0 Å². The largest absolute Gasteiger partial charge is 0.463 e. The van der Waals surface area contributed by atoms with E-state index in [1.54, 1.807) is 6.92 Å². The Labute approximate surface area is 162 Å². The van der Waals surface area contributed by atoms with Crippen LogP contribution in [0.25, 0.3) is 0 Å². The van der Waals surface area contributed by atoms with Gasteiger partial charge in [-0.05, 0) is 81.0 Å². The second kappa shape index (κ2) is 6.42. The predicted molar refractivity (Wildman–Crippen MR) is 102 cm³/mol. The van der Waals surface area contributed by atoms with Crippen LogP contribution in [0.2, 0.25) is 0 Å². The van der Waals surface area contributed by atoms with Crippen molar-refractivity contribution in [3.8, 4) is 0 Å². The van der Waals surface area contributed by atoms with E-state index in [1.807, 2.05) is 0 Å². The molecule has 4 fully saturated rings. The third-order valence-corrected chi connectivity index (χ3v) is 9.30. The summed E-state index contributed by atoms with van der Waals surface area (Å²) in [7, 11) is 0. The first kappa shape index (κ1) is 19.1. The van der Waals surface area contributed by atoms with E-state index in [0.29, 0.717) is 35.9 Å². The number of hydrogen-bond acceptors (Lipinski definition) is 4. The summed E-state index contributed by atoms with van der Waals surface area (Å²) in [6.45, 7) is 7.66. The number of ether oxygens (including phenoxy) is 1. The Hall–Kier alpha value is -1.19. The maximum atomic E-state index is 13.4. The molecule has 0 heterocycles. The van der Waals surface area contributed by atoms with Gasteiger partial charge < -0.3 is 4.74 Å². The minimum Gasteiger partial charge on any atom is -0.463 e. The van der Waals surface area contributed by atoms with E-state index in [-0.39, 0.29) is 29.2 Å². The summed E-state index contributed by atoms with van der Waals surface area (Å²) in [5.74, 6) is 2.22. The van der Waals surface area contributed by atoms with Crippen molar-refractivity contribution < 1.29 is 19.1 Å². The zero-order chi connectivity index (χ0) is 19.6. The normalized spacial score (nSPS) is 49.0. The van der Waals surface area contributed by atoms with E-state index >= 15 is 0 Å². The van der Waals surface area contributed by atoms with E-state index in [4.69, 9.17) is 4.74 Å². The van der Waals surface area contributed by atoms with Crippen molar-refractivity contribution in [3.05, 3.63) is 0 Å². The van der Waals surface area contributed by atoms with E-state index < -0.39 is 5.41 Å². The molecule has 4 aliphatic carbocycles. The molecule has 27 heavy (non-hydrogen) atoms. The summed E-state index contributed by atoms with van der Waals surface area (Å²) >= 11 is 0. The Morgan fingerprint density at radius 1 is 1.00 bits per heavy atom. The van der Waals surface area contributed by atoms with Crippen LogP contribution in [0.4, 0.5) is 0 Å². The summed E-state index contributed by atoms with van der Waals surface area (Å²) in [5.41, 5.74) is -0.254. The van der Waals surface area contributed by atoms with Crippen molar-refractivity contribution in [1.82, 2.24) is 0 Å². The number of carbonyl (C=O) groups is 3. The van der Waals surface area contributed by atoms with Gasteiger partial charge in [-0.3, -0.25) is 14.4 Å². The lowest BCUT2D eigenvalue weighted by molar-refractivity contribution is -0.167. The molecule has 0 aromatic carbocycles. The first-order chi connectivity index (χ1) is 12.7. The molecule has 150 valence electrons. The average Bonchev–Trinajstić information content (AvgIpc) is 2.95. The molecular formula is C23H34O4. The smallest absolute Gasteiger partial charge is 0.302 e. The van der Waals surface area contributed by atoms with Crippen LogP contribution in [0.3, 0.4) is 0 Å². The van der Waals surface area contributed by atoms with Gasteiger partial charge in [0.15, 0.2) is 0 Å². The lowest BCUT2D eigenvalue weighted by atomic mass is 9.44. The van der Waals surface area contributed by atoms with E-state index in [2.05, 4.69) is 13.8 Å². The van der Waals surface area contributed by atoms with Crippen molar-refractivity contribution in [2.24, 2.45) is 40.4 Å². The molecule has 0 unspecified atom stereocenters. The number of ketones is 2. The van der Waals surface area contributed by atoms with Crippen LogP contribution in [-0.2, 0) is 19.1 Å².